The molecule has 1 heterocycles. The predicted molar refractivity (Wildman–Crippen MR) is 135 cm³/mol. The Hall–Kier alpha value is 0.171. The standard InChI is InChI=1S/C20H24Si.C4H9N.C4H8O.Ti/c1-13-14(2)16(4)20(15(13)3)21(5,6)19-12-11-17-9-7-8-10-18(17)19;1-4(2,3)5;1-2-4-5-3-1;/h7-12H,1-6H3;1-3H3;1-4H2;/q;;;+2. The van der Waals surface area contributed by atoms with Crippen molar-refractivity contribution in [3.8, 4) is 0 Å². The third-order valence-electron chi connectivity index (χ3n) is 6.58. The van der Waals surface area contributed by atoms with Gasteiger partial charge in [-0.2, -0.15) is 0 Å². The first-order valence-electron chi connectivity index (χ1n) is 11.8. The van der Waals surface area contributed by atoms with Gasteiger partial charge in [-0.3, -0.25) is 0 Å². The van der Waals surface area contributed by atoms with Crippen LogP contribution >= 0.6 is 0 Å². The van der Waals surface area contributed by atoms with Crippen LogP contribution in [0.15, 0.2) is 27.7 Å². The summed E-state index contributed by atoms with van der Waals surface area (Å²) in [7, 11) is -1.67. The number of hydrogen-bond donors (Lipinski definition) is 0. The number of allylic oxidation sites excluding steroid dienone is 4. The van der Waals surface area contributed by atoms with Crippen LogP contribution in [-0.4, -0.2) is 26.8 Å². The summed E-state index contributed by atoms with van der Waals surface area (Å²) in [5.74, 6) is 8.84. The third kappa shape index (κ3) is 7.09. The number of rotatable bonds is 2. The minimum atomic E-state index is -1.67. The van der Waals surface area contributed by atoms with Gasteiger partial charge in [0.05, 0.1) is 8.07 Å². The van der Waals surface area contributed by atoms with Crippen molar-refractivity contribution in [1.29, 1.82) is 0 Å². The Bertz CT molecular complexity index is 627. The van der Waals surface area contributed by atoms with E-state index in [-0.39, 0.29) is 5.54 Å². The van der Waals surface area contributed by atoms with Crippen molar-refractivity contribution in [3.63, 3.8) is 0 Å². The smallest absolute Gasteiger partial charge is 0.0634 e. The summed E-state index contributed by atoms with van der Waals surface area (Å²) in [5, 5.41) is 0. The average Bonchev–Trinajstić information content (AvgIpc) is 3.48. The van der Waals surface area contributed by atoms with E-state index in [0.717, 1.165) is 13.2 Å². The molecule has 4 aliphatic rings. The SMILES string of the molecule is C1CCOC1.CC(C)(C)[N]=[Ti+2].C[C]1[C](C)[C](C)[C]([Si](C)(C)[C]2[CH][CH][C]3C=CC=C[C]32)[C]1C. The van der Waals surface area contributed by atoms with E-state index in [2.05, 4.69) is 102 Å². The molecule has 10 radical (unpaired) electrons. The van der Waals surface area contributed by atoms with Gasteiger partial charge in [0, 0.05) is 25.0 Å². The van der Waals surface area contributed by atoms with E-state index >= 15 is 0 Å². The van der Waals surface area contributed by atoms with Crippen LogP contribution in [0.3, 0.4) is 0 Å². The molecule has 2 saturated carbocycles. The molecule has 1 saturated heterocycles. The maximum Gasteiger partial charge on any atom is 0.0634 e. The third-order valence-corrected chi connectivity index (χ3v) is 11.4. The molecule has 3 fully saturated rings. The molecular formula is C28H41NOSiTi+2. The molecule has 1 aliphatic heterocycles. The fourth-order valence-electron chi connectivity index (χ4n) is 4.50. The molecule has 0 aromatic heterocycles. The Kier molecular flexibility index (Phi) is 10.9. The largest absolute Gasteiger partial charge is 0.0762 e. The molecule has 32 heavy (non-hydrogen) atoms. The summed E-state index contributed by atoms with van der Waals surface area (Å²) in [4.78, 5) is 0. The molecule has 170 valence electrons. The molecule has 0 bridgehead atoms. The monoisotopic (exact) mass is 483 g/mol. The summed E-state index contributed by atoms with van der Waals surface area (Å²) in [6, 6.07) is 0. The maximum absolute atomic E-state index is 4.94. The molecule has 0 spiro atoms. The van der Waals surface area contributed by atoms with Gasteiger partial charge >= 0.3 is 50.0 Å². The second-order valence-electron chi connectivity index (χ2n) is 10.4. The van der Waals surface area contributed by atoms with Crippen molar-refractivity contribution in [3.05, 3.63) is 83.7 Å². The zero-order chi connectivity index (χ0) is 24.1. The second-order valence-corrected chi connectivity index (χ2v) is 15.1. The van der Waals surface area contributed by atoms with Gasteiger partial charge in [-0.1, -0.05) is 65.1 Å². The van der Waals surface area contributed by atoms with E-state index in [0.29, 0.717) is 0 Å². The fraction of sp³-hybridized carbons (Fsp3) is 0.500. The van der Waals surface area contributed by atoms with Gasteiger partial charge in [0.1, 0.15) is 0 Å². The summed E-state index contributed by atoms with van der Waals surface area (Å²) in [5.41, 5.74) is 3.39. The van der Waals surface area contributed by atoms with Gasteiger partial charge in [0.15, 0.2) is 0 Å². The van der Waals surface area contributed by atoms with E-state index in [1.807, 2.05) is 20.3 Å². The molecule has 0 atom stereocenters. The van der Waals surface area contributed by atoms with Gasteiger partial charge in [0.2, 0.25) is 0 Å². The minimum Gasteiger partial charge on any atom is -0.0762 e. The Morgan fingerprint density at radius 1 is 0.844 bits per heavy atom. The number of nitrogens with zero attached hydrogens (tertiary/aromatic N) is 1. The minimum absolute atomic E-state index is 0.167. The van der Waals surface area contributed by atoms with E-state index in [1.54, 1.807) is 11.1 Å². The molecular weight excluding hydrogens is 442 g/mol. The van der Waals surface area contributed by atoms with E-state index < -0.39 is 8.07 Å². The van der Waals surface area contributed by atoms with E-state index in [9.17, 15) is 0 Å². The first-order chi connectivity index (χ1) is 14.9. The van der Waals surface area contributed by atoms with Crippen LogP contribution in [0, 0.1) is 59.4 Å². The second kappa shape index (κ2) is 12.2. The number of hydrogen-bond acceptors (Lipinski definition) is 2. The van der Waals surface area contributed by atoms with Crippen molar-refractivity contribution in [1.82, 2.24) is 0 Å². The Morgan fingerprint density at radius 3 is 1.78 bits per heavy atom. The van der Waals surface area contributed by atoms with Gasteiger partial charge in [-0.05, 0) is 60.4 Å². The van der Waals surface area contributed by atoms with Crippen LogP contribution < -0.4 is 0 Å². The first kappa shape index (κ1) is 28.4. The van der Waals surface area contributed by atoms with Crippen molar-refractivity contribution in [2.45, 2.75) is 79.9 Å². The maximum atomic E-state index is 4.94. The molecule has 0 aromatic carbocycles. The van der Waals surface area contributed by atoms with Crippen LogP contribution in [0.5, 0.6) is 0 Å². The van der Waals surface area contributed by atoms with E-state index in [4.69, 9.17) is 4.74 Å². The normalized spacial score (nSPS) is 25.0. The van der Waals surface area contributed by atoms with Crippen molar-refractivity contribution < 1.29 is 25.0 Å². The summed E-state index contributed by atoms with van der Waals surface area (Å²) in [6.45, 7) is 22.4. The molecule has 2 nitrogen and oxygen atoms in total. The zero-order valence-corrected chi connectivity index (χ0v) is 24.2. The Balaban J connectivity index is 0.000000272. The van der Waals surface area contributed by atoms with Gasteiger partial charge in [0.25, 0.3) is 0 Å². The topological polar surface area (TPSA) is 21.6 Å². The van der Waals surface area contributed by atoms with Crippen LogP contribution in [0.25, 0.3) is 0 Å². The van der Waals surface area contributed by atoms with Crippen LogP contribution in [-0.2, 0) is 25.0 Å². The fourth-order valence-corrected chi connectivity index (χ4v) is 8.42. The van der Waals surface area contributed by atoms with Gasteiger partial charge in [-0.15, -0.1) is 0 Å². The van der Waals surface area contributed by atoms with Crippen molar-refractivity contribution in [2.24, 2.45) is 3.42 Å². The van der Waals surface area contributed by atoms with E-state index in [1.165, 1.54) is 48.3 Å². The molecule has 4 rings (SSSR count). The van der Waals surface area contributed by atoms with Crippen LogP contribution in [0.1, 0.15) is 61.3 Å². The number of ether oxygens (including phenoxy) is 1. The van der Waals surface area contributed by atoms with Gasteiger partial charge in [-0.25, -0.2) is 0 Å². The molecule has 4 heteroatoms. The van der Waals surface area contributed by atoms with Crippen molar-refractivity contribution in [2.75, 3.05) is 13.2 Å². The van der Waals surface area contributed by atoms with Crippen LogP contribution in [0.2, 0.25) is 13.1 Å². The molecule has 0 aromatic rings. The van der Waals surface area contributed by atoms with Crippen LogP contribution in [0.4, 0.5) is 0 Å². The quantitative estimate of drug-likeness (QED) is 0.377. The van der Waals surface area contributed by atoms with Crippen molar-refractivity contribution >= 4 is 8.07 Å². The molecule has 0 unspecified atom stereocenters. The summed E-state index contributed by atoms with van der Waals surface area (Å²) < 4.78 is 8.97. The molecule has 0 N–H and O–H groups in total. The Labute approximate surface area is 212 Å². The van der Waals surface area contributed by atoms with Gasteiger partial charge < -0.3 is 4.74 Å². The predicted octanol–water partition coefficient (Wildman–Crippen LogP) is 7.32. The zero-order valence-electron chi connectivity index (χ0n) is 21.6. The first-order valence-corrected chi connectivity index (χ1v) is 15.5. The number of fused-ring (bicyclic) bond motifs is 1. The average molecular weight is 484 g/mol. The summed E-state index contributed by atoms with van der Waals surface area (Å²) >= 11 is 1.83. The molecule has 0 amide bonds. The summed E-state index contributed by atoms with van der Waals surface area (Å²) in [6.07, 6.45) is 16.0. The molecule has 3 aliphatic carbocycles. The Morgan fingerprint density at radius 2 is 1.34 bits per heavy atom.